The summed E-state index contributed by atoms with van der Waals surface area (Å²) in [4.78, 5) is 12.5. The summed E-state index contributed by atoms with van der Waals surface area (Å²) in [5, 5.41) is 18.4. The van der Waals surface area contributed by atoms with Crippen LogP contribution in [0.5, 0.6) is 5.75 Å². The van der Waals surface area contributed by atoms with Gasteiger partial charge >= 0.3 is 5.97 Å². The van der Waals surface area contributed by atoms with Gasteiger partial charge < -0.3 is 10.2 Å². The Bertz CT molecular complexity index is 552. The standard InChI is InChI=1S/C13H10O3S/c14-9-4-3-5-10(8-9)17-12-7-2-1-6-11(12)13(15)16/h1-8,14H,(H,15,16). The maximum absolute atomic E-state index is 11.0. The Hall–Kier alpha value is -1.94. The van der Waals surface area contributed by atoms with Crippen LogP contribution in [0.25, 0.3) is 0 Å². The summed E-state index contributed by atoms with van der Waals surface area (Å²) in [6.45, 7) is 0. The van der Waals surface area contributed by atoms with E-state index in [9.17, 15) is 9.90 Å². The van der Waals surface area contributed by atoms with Gasteiger partial charge in [-0.25, -0.2) is 4.79 Å². The highest BCUT2D eigenvalue weighted by Crippen LogP contribution is 2.31. The van der Waals surface area contributed by atoms with Gasteiger partial charge in [0.1, 0.15) is 5.75 Å². The first kappa shape index (κ1) is 11.5. The van der Waals surface area contributed by atoms with Crippen molar-refractivity contribution in [2.45, 2.75) is 9.79 Å². The number of phenols is 1. The van der Waals surface area contributed by atoms with Crippen molar-refractivity contribution in [3.63, 3.8) is 0 Å². The zero-order valence-corrected chi connectivity index (χ0v) is 9.65. The summed E-state index contributed by atoms with van der Waals surface area (Å²) in [6, 6.07) is 13.5. The SMILES string of the molecule is O=C(O)c1ccccc1Sc1cccc(O)c1. The summed E-state index contributed by atoms with van der Waals surface area (Å²) in [5.41, 5.74) is 0.265. The molecule has 0 saturated heterocycles. The lowest BCUT2D eigenvalue weighted by Gasteiger charge is -2.05. The third-order valence-corrected chi connectivity index (χ3v) is 3.23. The Morgan fingerprint density at radius 3 is 2.53 bits per heavy atom. The van der Waals surface area contributed by atoms with Gasteiger partial charge in [0.15, 0.2) is 0 Å². The van der Waals surface area contributed by atoms with Gasteiger partial charge in [0.05, 0.1) is 5.56 Å². The first-order chi connectivity index (χ1) is 8.16. The van der Waals surface area contributed by atoms with Crippen molar-refractivity contribution in [3.05, 3.63) is 54.1 Å². The van der Waals surface area contributed by atoms with Crippen LogP contribution in [0.15, 0.2) is 58.3 Å². The number of benzene rings is 2. The number of carboxylic acids is 1. The van der Waals surface area contributed by atoms with Gasteiger partial charge in [0, 0.05) is 9.79 Å². The molecule has 0 unspecified atom stereocenters. The monoisotopic (exact) mass is 246 g/mol. The molecule has 0 aliphatic rings. The highest BCUT2D eigenvalue weighted by Gasteiger charge is 2.10. The van der Waals surface area contributed by atoms with Crippen LogP contribution in [0.2, 0.25) is 0 Å². The molecule has 0 bridgehead atoms. The molecule has 0 amide bonds. The van der Waals surface area contributed by atoms with Crippen LogP contribution in [0.1, 0.15) is 10.4 Å². The van der Waals surface area contributed by atoms with Gasteiger partial charge in [-0.2, -0.15) is 0 Å². The van der Waals surface area contributed by atoms with E-state index >= 15 is 0 Å². The van der Waals surface area contributed by atoms with Crippen molar-refractivity contribution in [1.82, 2.24) is 0 Å². The molecule has 0 spiro atoms. The predicted molar refractivity (Wildman–Crippen MR) is 65.6 cm³/mol. The molecule has 0 radical (unpaired) electrons. The number of rotatable bonds is 3. The van der Waals surface area contributed by atoms with Crippen molar-refractivity contribution in [3.8, 4) is 5.75 Å². The molecule has 2 aromatic carbocycles. The van der Waals surface area contributed by atoms with Gasteiger partial charge in [-0.3, -0.25) is 0 Å². The molecule has 86 valence electrons. The van der Waals surface area contributed by atoms with Crippen LogP contribution in [0.4, 0.5) is 0 Å². The van der Waals surface area contributed by atoms with Gasteiger partial charge in [-0.1, -0.05) is 30.0 Å². The molecule has 0 fully saturated rings. The summed E-state index contributed by atoms with van der Waals surface area (Å²) in [5.74, 6) is -0.781. The molecule has 0 aliphatic heterocycles. The number of phenolic OH excluding ortho intramolecular Hbond substituents is 1. The topological polar surface area (TPSA) is 57.5 Å². The van der Waals surface area contributed by atoms with E-state index in [-0.39, 0.29) is 11.3 Å². The Morgan fingerprint density at radius 1 is 1.06 bits per heavy atom. The summed E-state index contributed by atoms with van der Waals surface area (Å²) in [7, 11) is 0. The second kappa shape index (κ2) is 4.93. The fourth-order valence-corrected chi connectivity index (χ4v) is 2.40. The Morgan fingerprint density at radius 2 is 1.82 bits per heavy atom. The number of hydrogen-bond acceptors (Lipinski definition) is 3. The van der Waals surface area contributed by atoms with Crippen LogP contribution >= 0.6 is 11.8 Å². The maximum atomic E-state index is 11.0. The van der Waals surface area contributed by atoms with Crippen molar-refractivity contribution in [1.29, 1.82) is 0 Å². The third kappa shape index (κ3) is 2.79. The normalized spacial score (nSPS) is 10.1. The maximum Gasteiger partial charge on any atom is 0.336 e. The molecule has 4 heteroatoms. The van der Waals surface area contributed by atoms with Crippen LogP contribution in [-0.4, -0.2) is 16.2 Å². The average Bonchev–Trinajstić information content (AvgIpc) is 2.29. The third-order valence-electron chi connectivity index (χ3n) is 2.16. The van der Waals surface area contributed by atoms with Crippen molar-refractivity contribution in [2.75, 3.05) is 0 Å². The molecule has 0 aliphatic carbocycles. The van der Waals surface area contributed by atoms with Crippen LogP contribution < -0.4 is 0 Å². The van der Waals surface area contributed by atoms with Crippen molar-refractivity contribution >= 4 is 17.7 Å². The van der Waals surface area contributed by atoms with Crippen molar-refractivity contribution < 1.29 is 15.0 Å². The first-order valence-electron chi connectivity index (χ1n) is 4.96. The molecule has 2 rings (SSSR count). The fourth-order valence-electron chi connectivity index (χ4n) is 1.41. The van der Waals surface area contributed by atoms with E-state index in [1.54, 1.807) is 42.5 Å². The molecule has 0 heterocycles. The predicted octanol–water partition coefficient (Wildman–Crippen LogP) is 3.24. The minimum absolute atomic E-state index is 0.169. The minimum atomic E-state index is -0.951. The van der Waals surface area contributed by atoms with Crippen molar-refractivity contribution in [2.24, 2.45) is 0 Å². The quantitative estimate of drug-likeness (QED) is 0.872. The lowest BCUT2D eigenvalue weighted by molar-refractivity contribution is 0.0693. The van der Waals surface area contributed by atoms with Gasteiger partial charge in [0.2, 0.25) is 0 Å². The van der Waals surface area contributed by atoms with Gasteiger partial charge in [-0.05, 0) is 30.3 Å². The molecular formula is C13H10O3S. The number of hydrogen-bond donors (Lipinski definition) is 2. The van der Waals surface area contributed by atoms with Crippen LogP contribution in [-0.2, 0) is 0 Å². The molecule has 0 atom stereocenters. The molecule has 2 aromatic rings. The van der Waals surface area contributed by atoms with Crippen LogP contribution in [0.3, 0.4) is 0 Å². The summed E-state index contributed by atoms with van der Waals surface area (Å²) in [6.07, 6.45) is 0. The molecule has 0 saturated carbocycles. The van der Waals surface area contributed by atoms with E-state index in [1.807, 2.05) is 6.07 Å². The Labute approximate surface area is 103 Å². The van der Waals surface area contributed by atoms with Gasteiger partial charge in [-0.15, -0.1) is 0 Å². The van der Waals surface area contributed by atoms with E-state index in [0.29, 0.717) is 4.90 Å². The minimum Gasteiger partial charge on any atom is -0.508 e. The largest absolute Gasteiger partial charge is 0.508 e. The van der Waals surface area contributed by atoms with E-state index in [2.05, 4.69) is 0 Å². The number of carbonyl (C=O) groups is 1. The average molecular weight is 246 g/mol. The summed E-state index contributed by atoms with van der Waals surface area (Å²) < 4.78 is 0. The lowest BCUT2D eigenvalue weighted by Crippen LogP contribution is -1.97. The molecule has 3 nitrogen and oxygen atoms in total. The second-order valence-electron chi connectivity index (χ2n) is 3.40. The van der Waals surface area contributed by atoms with E-state index < -0.39 is 5.97 Å². The zero-order chi connectivity index (χ0) is 12.3. The highest BCUT2D eigenvalue weighted by molar-refractivity contribution is 7.99. The molecule has 17 heavy (non-hydrogen) atoms. The Balaban J connectivity index is 2.33. The second-order valence-corrected chi connectivity index (χ2v) is 4.52. The van der Waals surface area contributed by atoms with E-state index in [1.165, 1.54) is 11.8 Å². The first-order valence-corrected chi connectivity index (χ1v) is 5.77. The lowest BCUT2D eigenvalue weighted by atomic mass is 10.2. The Kier molecular flexibility index (Phi) is 3.35. The smallest absolute Gasteiger partial charge is 0.336 e. The molecule has 2 N–H and O–H groups in total. The fraction of sp³-hybridized carbons (Fsp3) is 0. The van der Waals surface area contributed by atoms with E-state index in [4.69, 9.17) is 5.11 Å². The number of aromatic hydroxyl groups is 1. The number of aromatic carboxylic acids is 1. The molecule has 0 aromatic heterocycles. The number of carboxylic acid groups (broad SMARTS) is 1. The van der Waals surface area contributed by atoms with E-state index in [0.717, 1.165) is 4.90 Å². The molecular weight excluding hydrogens is 236 g/mol. The summed E-state index contributed by atoms with van der Waals surface area (Å²) >= 11 is 1.32. The zero-order valence-electron chi connectivity index (χ0n) is 8.83. The van der Waals surface area contributed by atoms with Gasteiger partial charge in [0.25, 0.3) is 0 Å². The van der Waals surface area contributed by atoms with Crippen LogP contribution in [0, 0.1) is 0 Å². The highest BCUT2D eigenvalue weighted by atomic mass is 32.2.